The highest BCUT2D eigenvalue weighted by Gasteiger charge is 2.47. The van der Waals surface area contributed by atoms with E-state index in [-0.39, 0.29) is 13.4 Å². The number of fused-ring (bicyclic) bond motifs is 8. The van der Waals surface area contributed by atoms with Crippen molar-refractivity contribution in [2.75, 3.05) is 14.7 Å². The Balaban J connectivity index is 0.934. The van der Waals surface area contributed by atoms with E-state index in [2.05, 4.69) is 300 Å². The maximum absolute atomic E-state index is 7.24. The zero-order chi connectivity index (χ0) is 52.7. The molecule has 0 saturated heterocycles. The van der Waals surface area contributed by atoms with E-state index in [1.165, 1.54) is 42.6 Å². The van der Waals surface area contributed by atoms with Gasteiger partial charge in [0.05, 0.1) is 0 Å². The standard InChI is InChI=1S/C72H47B2N3O2S/c1-6-24-48(25-7-1)55-34-16-22-40-67(55)78-53-42-64-71-65(43-53)77(52-32-14-5-15-33-52)63-47-69-60(46-59(63)73(71)57-36-18-20-38-61(57)75(64)50-28-10-3-11-29-50)74-58-37-19-21-39-62(58)76(51-30-12-4-13-31-51)66-44-54(45-70(80-69)72(66)74)79-68-41-23-17-35-56(68)49-26-8-2-9-27-49/h1-47H. The minimum absolute atomic E-state index is 0.0745. The quantitative estimate of drug-likeness (QED) is 0.134. The number of nitrogens with zero attached hydrogens (tertiary/aromatic N) is 3. The van der Waals surface area contributed by atoms with Crippen molar-refractivity contribution in [3.63, 3.8) is 0 Å². The van der Waals surface area contributed by atoms with E-state index in [4.69, 9.17) is 9.47 Å². The molecule has 8 heteroatoms. The molecular formula is C72H47B2N3O2S. The largest absolute Gasteiger partial charge is 0.457 e. The van der Waals surface area contributed by atoms with Gasteiger partial charge in [0.1, 0.15) is 23.0 Å². The lowest BCUT2D eigenvalue weighted by Gasteiger charge is -2.45. The van der Waals surface area contributed by atoms with Crippen LogP contribution in [0.2, 0.25) is 0 Å². The molecule has 0 unspecified atom stereocenters. The van der Waals surface area contributed by atoms with Crippen LogP contribution in [0.1, 0.15) is 0 Å². The molecular weight excluding hydrogens is 993 g/mol. The molecule has 374 valence electrons. The highest BCUT2D eigenvalue weighted by molar-refractivity contribution is 8.00. The monoisotopic (exact) mass is 1040 g/mol. The van der Waals surface area contributed by atoms with Crippen LogP contribution in [-0.2, 0) is 0 Å². The van der Waals surface area contributed by atoms with Crippen LogP contribution in [0.25, 0.3) is 22.3 Å². The highest BCUT2D eigenvalue weighted by atomic mass is 32.2. The minimum Gasteiger partial charge on any atom is -0.457 e. The predicted molar refractivity (Wildman–Crippen MR) is 334 cm³/mol. The first-order valence-electron chi connectivity index (χ1n) is 27.3. The second-order valence-corrected chi connectivity index (χ2v) is 21.8. The summed E-state index contributed by atoms with van der Waals surface area (Å²) in [5.74, 6) is 3.14. The minimum atomic E-state index is -0.118. The Morgan fingerprint density at radius 1 is 0.275 bits per heavy atom. The van der Waals surface area contributed by atoms with E-state index in [0.29, 0.717) is 0 Å². The van der Waals surface area contributed by atoms with Crippen molar-refractivity contribution >= 4 is 109 Å². The van der Waals surface area contributed by atoms with Crippen LogP contribution < -0.4 is 57.0 Å². The van der Waals surface area contributed by atoms with Crippen molar-refractivity contribution in [1.82, 2.24) is 0 Å². The maximum atomic E-state index is 7.24. The Bertz CT molecular complexity index is 4380. The molecule has 0 fully saturated rings. The molecule has 12 aromatic rings. The Morgan fingerprint density at radius 2 is 0.662 bits per heavy atom. The molecule has 0 spiro atoms. The summed E-state index contributed by atoms with van der Waals surface area (Å²) in [4.78, 5) is 9.75. The molecule has 0 N–H and O–H groups in total. The van der Waals surface area contributed by atoms with Crippen LogP contribution in [0.5, 0.6) is 23.0 Å². The third kappa shape index (κ3) is 7.51. The highest BCUT2D eigenvalue weighted by Crippen LogP contribution is 2.50. The van der Waals surface area contributed by atoms with E-state index in [9.17, 15) is 0 Å². The van der Waals surface area contributed by atoms with Crippen LogP contribution in [-0.4, -0.2) is 13.4 Å². The van der Waals surface area contributed by atoms with Crippen molar-refractivity contribution < 1.29 is 9.47 Å². The number of hydrogen-bond acceptors (Lipinski definition) is 6. The van der Waals surface area contributed by atoms with Crippen LogP contribution in [0, 0.1) is 0 Å². The molecule has 0 aromatic heterocycles. The summed E-state index contributed by atoms with van der Waals surface area (Å²) in [6.07, 6.45) is 0. The lowest BCUT2D eigenvalue weighted by Crippen LogP contribution is -2.64. The molecule has 0 saturated carbocycles. The van der Waals surface area contributed by atoms with Gasteiger partial charge in [0.15, 0.2) is 0 Å². The third-order valence-corrected chi connectivity index (χ3v) is 17.3. The van der Waals surface area contributed by atoms with Gasteiger partial charge in [-0.1, -0.05) is 211 Å². The van der Waals surface area contributed by atoms with Crippen molar-refractivity contribution in [2.24, 2.45) is 0 Å². The number of para-hydroxylation sites is 7. The molecule has 5 nitrogen and oxygen atoms in total. The van der Waals surface area contributed by atoms with E-state index >= 15 is 0 Å². The Labute approximate surface area is 470 Å². The van der Waals surface area contributed by atoms with E-state index in [0.717, 1.165) is 96.4 Å². The van der Waals surface area contributed by atoms with Crippen LogP contribution in [0.4, 0.5) is 51.2 Å². The molecule has 4 aliphatic rings. The van der Waals surface area contributed by atoms with Crippen molar-refractivity contribution in [3.05, 3.63) is 285 Å². The number of anilines is 9. The van der Waals surface area contributed by atoms with Crippen molar-refractivity contribution in [1.29, 1.82) is 0 Å². The molecule has 12 aromatic carbocycles. The molecule has 0 radical (unpaired) electrons. The van der Waals surface area contributed by atoms with Crippen molar-refractivity contribution in [3.8, 4) is 45.3 Å². The normalized spacial score (nSPS) is 13.1. The van der Waals surface area contributed by atoms with Gasteiger partial charge in [-0.15, -0.1) is 0 Å². The van der Waals surface area contributed by atoms with E-state index < -0.39 is 0 Å². The summed E-state index contributed by atoms with van der Waals surface area (Å²) in [5, 5.41) is 0. The van der Waals surface area contributed by atoms with Gasteiger partial charge in [-0.2, -0.15) is 0 Å². The predicted octanol–water partition coefficient (Wildman–Crippen LogP) is 15.5. The Hall–Kier alpha value is -9.88. The molecule has 0 bridgehead atoms. The maximum Gasteiger partial charge on any atom is 0.252 e. The van der Waals surface area contributed by atoms with Gasteiger partial charge in [-0.05, 0) is 111 Å². The number of ether oxygens (including phenoxy) is 2. The number of rotatable bonds is 9. The number of hydrogen-bond donors (Lipinski definition) is 0. The van der Waals surface area contributed by atoms with Crippen LogP contribution in [0.15, 0.2) is 295 Å². The lowest BCUT2D eigenvalue weighted by atomic mass is 9.31. The summed E-state index contributed by atoms with van der Waals surface area (Å²) < 4.78 is 14.4. The van der Waals surface area contributed by atoms with Gasteiger partial charge in [-0.25, -0.2) is 0 Å². The smallest absolute Gasteiger partial charge is 0.252 e. The second kappa shape index (κ2) is 18.9. The third-order valence-electron chi connectivity index (χ3n) is 16.2. The first-order valence-corrected chi connectivity index (χ1v) is 28.1. The molecule has 0 aliphatic carbocycles. The fourth-order valence-corrected chi connectivity index (χ4v) is 14.1. The fourth-order valence-electron chi connectivity index (χ4n) is 12.8. The zero-order valence-electron chi connectivity index (χ0n) is 43.4. The summed E-state index contributed by atoms with van der Waals surface area (Å²) >= 11 is 1.85. The average molecular weight is 1040 g/mol. The molecule has 4 heterocycles. The summed E-state index contributed by atoms with van der Waals surface area (Å²) in [6, 6.07) is 102. The summed E-state index contributed by atoms with van der Waals surface area (Å²) in [5.41, 5.74) is 21.8. The van der Waals surface area contributed by atoms with E-state index in [1.807, 2.05) is 11.8 Å². The van der Waals surface area contributed by atoms with Gasteiger partial charge in [-0.3, -0.25) is 0 Å². The average Bonchev–Trinajstić information content (AvgIpc) is 3.71. The first kappa shape index (κ1) is 46.2. The van der Waals surface area contributed by atoms with Gasteiger partial charge in [0, 0.05) is 90.3 Å². The van der Waals surface area contributed by atoms with E-state index in [1.54, 1.807) is 0 Å². The summed E-state index contributed by atoms with van der Waals surface area (Å²) in [7, 11) is 0. The number of benzene rings is 12. The topological polar surface area (TPSA) is 28.2 Å². The SMILES string of the molecule is c1ccc(-c2ccccc2Oc2cc3c4c(c2)N(c2ccccc2)c2ccccc2B4c2cc4c(cc2S3)N(c2ccccc2)c2cc(Oc3ccccc3-c3ccccc3)cc3c2B4c2ccccc2N3c2ccccc2)cc1. The molecule has 80 heavy (non-hydrogen) atoms. The Morgan fingerprint density at radius 3 is 1.16 bits per heavy atom. The van der Waals surface area contributed by atoms with Crippen LogP contribution in [0.3, 0.4) is 0 Å². The van der Waals surface area contributed by atoms with Gasteiger partial charge in [0.2, 0.25) is 6.71 Å². The van der Waals surface area contributed by atoms with Gasteiger partial charge in [0.25, 0.3) is 6.71 Å². The van der Waals surface area contributed by atoms with Crippen LogP contribution >= 0.6 is 11.8 Å². The second-order valence-electron chi connectivity index (χ2n) is 20.7. The zero-order valence-corrected chi connectivity index (χ0v) is 44.2. The van der Waals surface area contributed by atoms with Gasteiger partial charge >= 0.3 is 0 Å². The van der Waals surface area contributed by atoms with Gasteiger partial charge < -0.3 is 24.2 Å². The first-order chi connectivity index (χ1) is 39.7. The molecule has 0 amide bonds. The lowest BCUT2D eigenvalue weighted by molar-refractivity contribution is 0.483. The Kier molecular flexibility index (Phi) is 10.9. The molecule has 4 aliphatic heterocycles. The fraction of sp³-hybridized carbons (Fsp3) is 0. The molecule has 0 atom stereocenters. The van der Waals surface area contributed by atoms with Crippen molar-refractivity contribution in [2.45, 2.75) is 9.79 Å². The molecule has 16 rings (SSSR count). The summed E-state index contributed by atoms with van der Waals surface area (Å²) in [6.45, 7) is -0.192.